The maximum atomic E-state index is 5.64. The lowest BCUT2D eigenvalue weighted by molar-refractivity contribution is 0.134. The average molecular weight is 266 g/mol. The van der Waals surface area contributed by atoms with E-state index in [1.165, 1.54) is 32.1 Å². The van der Waals surface area contributed by atoms with Crippen molar-refractivity contribution in [2.24, 2.45) is 29.4 Å². The zero-order valence-corrected chi connectivity index (χ0v) is 12.3. The Balaban J connectivity index is 1.55. The summed E-state index contributed by atoms with van der Waals surface area (Å²) in [4.78, 5) is 0. The summed E-state index contributed by atoms with van der Waals surface area (Å²) < 4.78 is 5.37. The molecule has 110 valence electrons. The monoisotopic (exact) mass is 266 g/mol. The van der Waals surface area contributed by atoms with Gasteiger partial charge < -0.3 is 15.8 Å². The third-order valence-electron chi connectivity index (χ3n) is 6.00. The van der Waals surface area contributed by atoms with E-state index in [0.29, 0.717) is 6.04 Å². The molecule has 3 rings (SSSR count). The van der Waals surface area contributed by atoms with E-state index in [1.807, 2.05) is 7.11 Å². The predicted octanol–water partition coefficient (Wildman–Crippen LogP) is 2.15. The molecule has 19 heavy (non-hydrogen) atoms. The third kappa shape index (κ3) is 2.70. The number of rotatable bonds is 7. The lowest BCUT2D eigenvalue weighted by Crippen LogP contribution is -2.46. The number of nitrogens with one attached hydrogen (secondary N) is 1. The minimum Gasteiger partial charge on any atom is -0.383 e. The van der Waals surface area contributed by atoms with Crippen LogP contribution >= 0.6 is 0 Å². The molecule has 0 spiro atoms. The van der Waals surface area contributed by atoms with E-state index in [-0.39, 0.29) is 0 Å². The highest BCUT2D eigenvalue weighted by molar-refractivity contribution is 5.06. The highest BCUT2D eigenvalue weighted by Crippen LogP contribution is 2.58. The SMILES string of the molecule is COCC(CCCN)NC1CC2CC1C1CCCC21. The smallest absolute Gasteiger partial charge is 0.0615 e. The highest BCUT2D eigenvalue weighted by atomic mass is 16.5. The Hall–Kier alpha value is -0.120. The molecule has 0 saturated heterocycles. The molecule has 0 radical (unpaired) electrons. The van der Waals surface area contributed by atoms with Gasteiger partial charge in [0.05, 0.1) is 6.61 Å². The molecule has 3 heteroatoms. The van der Waals surface area contributed by atoms with Crippen LogP contribution in [0.3, 0.4) is 0 Å². The van der Waals surface area contributed by atoms with Crippen LogP contribution in [0.4, 0.5) is 0 Å². The first kappa shape index (κ1) is 13.8. The lowest BCUT2D eigenvalue weighted by Gasteiger charge is -2.34. The van der Waals surface area contributed by atoms with Crippen molar-refractivity contribution in [3.63, 3.8) is 0 Å². The van der Waals surface area contributed by atoms with E-state index in [1.54, 1.807) is 0 Å². The maximum absolute atomic E-state index is 5.64. The van der Waals surface area contributed by atoms with Gasteiger partial charge >= 0.3 is 0 Å². The van der Waals surface area contributed by atoms with E-state index in [2.05, 4.69) is 5.32 Å². The summed E-state index contributed by atoms with van der Waals surface area (Å²) in [6, 6.07) is 1.28. The summed E-state index contributed by atoms with van der Waals surface area (Å²) in [6.07, 6.45) is 9.71. The number of fused-ring (bicyclic) bond motifs is 5. The van der Waals surface area contributed by atoms with Crippen LogP contribution < -0.4 is 11.1 Å². The fraction of sp³-hybridized carbons (Fsp3) is 1.00. The summed E-state index contributed by atoms with van der Waals surface area (Å²) in [6.45, 7) is 1.63. The van der Waals surface area contributed by atoms with Crippen molar-refractivity contribution in [1.82, 2.24) is 5.32 Å². The van der Waals surface area contributed by atoms with Crippen molar-refractivity contribution in [3.8, 4) is 0 Å². The van der Waals surface area contributed by atoms with Crippen LogP contribution in [-0.2, 0) is 4.74 Å². The molecule has 0 aliphatic heterocycles. The van der Waals surface area contributed by atoms with Gasteiger partial charge in [-0.3, -0.25) is 0 Å². The van der Waals surface area contributed by atoms with Gasteiger partial charge in [0.1, 0.15) is 0 Å². The zero-order chi connectivity index (χ0) is 13.2. The van der Waals surface area contributed by atoms with Crippen LogP contribution in [0, 0.1) is 23.7 Å². The third-order valence-corrected chi connectivity index (χ3v) is 6.00. The fourth-order valence-electron chi connectivity index (χ4n) is 5.34. The molecule has 3 fully saturated rings. The van der Waals surface area contributed by atoms with Gasteiger partial charge in [0.2, 0.25) is 0 Å². The molecular weight excluding hydrogens is 236 g/mol. The molecule has 3 N–H and O–H groups in total. The molecular formula is C16H30N2O. The number of methoxy groups -OCH3 is 1. The minimum atomic E-state index is 0.512. The second-order valence-electron chi connectivity index (χ2n) is 7.01. The van der Waals surface area contributed by atoms with E-state index >= 15 is 0 Å². The second kappa shape index (κ2) is 6.11. The predicted molar refractivity (Wildman–Crippen MR) is 77.9 cm³/mol. The number of hydrogen-bond acceptors (Lipinski definition) is 3. The van der Waals surface area contributed by atoms with Crippen molar-refractivity contribution >= 4 is 0 Å². The maximum Gasteiger partial charge on any atom is 0.0615 e. The first-order valence-electron chi connectivity index (χ1n) is 8.28. The molecule has 2 bridgehead atoms. The molecule has 0 aromatic carbocycles. The Morgan fingerprint density at radius 3 is 2.84 bits per heavy atom. The van der Waals surface area contributed by atoms with Gasteiger partial charge in [0.15, 0.2) is 0 Å². The molecule has 3 aliphatic rings. The molecule has 6 atom stereocenters. The summed E-state index contributed by atoms with van der Waals surface area (Å²) in [5.74, 6) is 4.14. The normalized spacial score (nSPS) is 41.7. The van der Waals surface area contributed by atoms with Crippen LogP contribution in [0.2, 0.25) is 0 Å². The molecule has 3 aliphatic carbocycles. The molecule has 3 saturated carbocycles. The van der Waals surface area contributed by atoms with Crippen LogP contribution in [0.5, 0.6) is 0 Å². The second-order valence-corrected chi connectivity index (χ2v) is 7.01. The number of hydrogen-bond donors (Lipinski definition) is 2. The van der Waals surface area contributed by atoms with E-state index in [4.69, 9.17) is 10.5 Å². The largest absolute Gasteiger partial charge is 0.383 e. The Kier molecular flexibility index (Phi) is 4.45. The molecule has 0 amide bonds. The Morgan fingerprint density at radius 1 is 1.21 bits per heavy atom. The first-order chi connectivity index (χ1) is 9.33. The number of nitrogens with two attached hydrogens (primary N) is 1. The van der Waals surface area contributed by atoms with E-state index < -0.39 is 0 Å². The molecule has 0 heterocycles. The van der Waals surface area contributed by atoms with Gasteiger partial charge in [-0.2, -0.15) is 0 Å². The van der Waals surface area contributed by atoms with Gasteiger partial charge in [0.25, 0.3) is 0 Å². The van der Waals surface area contributed by atoms with Crippen LogP contribution in [0.25, 0.3) is 0 Å². The van der Waals surface area contributed by atoms with Gasteiger partial charge in [-0.05, 0) is 68.7 Å². The van der Waals surface area contributed by atoms with Crippen molar-refractivity contribution in [3.05, 3.63) is 0 Å². The first-order valence-corrected chi connectivity index (χ1v) is 8.28. The highest BCUT2D eigenvalue weighted by Gasteiger charge is 2.53. The van der Waals surface area contributed by atoms with Gasteiger partial charge in [-0.25, -0.2) is 0 Å². The summed E-state index contributed by atoms with van der Waals surface area (Å²) in [7, 11) is 1.81. The van der Waals surface area contributed by atoms with Gasteiger partial charge in [-0.15, -0.1) is 0 Å². The summed E-state index contributed by atoms with van der Waals surface area (Å²) in [5.41, 5.74) is 5.64. The van der Waals surface area contributed by atoms with Gasteiger partial charge in [0, 0.05) is 19.2 Å². The zero-order valence-electron chi connectivity index (χ0n) is 12.3. The quantitative estimate of drug-likeness (QED) is 0.742. The van der Waals surface area contributed by atoms with Crippen LogP contribution in [-0.4, -0.2) is 32.3 Å². The summed E-state index contributed by atoms with van der Waals surface area (Å²) in [5, 5.41) is 3.92. The van der Waals surface area contributed by atoms with Crippen molar-refractivity contribution in [2.45, 2.75) is 57.0 Å². The average Bonchev–Trinajstić information content (AvgIpc) is 3.07. The van der Waals surface area contributed by atoms with Crippen molar-refractivity contribution in [1.29, 1.82) is 0 Å². The van der Waals surface area contributed by atoms with Crippen LogP contribution in [0.1, 0.15) is 44.9 Å². The Morgan fingerprint density at radius 2 is 2.05 bits per heavy atom. The topological polar surface area (TPSA) is 47.3 Å². The van der Waals surface area contributed by atoms with Crippen LogP contribution in [0.15, 0.2) is 0 Å². The van der Waals surface area contributed by atoms with Crippen molar-refractivity contribution < 1.29 is 4.74 Å². The Bertz CT molecular complexity index is 296. The van der Waals surface area contributed by atoms with E-state index in [9.17, 15) is 0 Å². The minimum absolute atomic E-state index is 0.512. The molecule has 0 aromatic heterocycles. The number of ether oxygens (including phenoxy) is 1. The standard InChI is InChI=1S/C16H30N2O/c1-19-10-12(4-3-7-17)18-16-9-11-8-15(16)14-6-2-5-13(11)14/h11-16,18H,2-10,17H2,1H3. The van der Waals surface area contributed by atoms with Crippen molar-refractivity contribution in [2.75, 3.05) is 20.3 Å². The van der Waals surface area contributed by atoms with E-state index in [0.717, 1.165) is 55.7 Å². The summed E-state index contributed by atoms with van der Waals surface area (Å²) >= 11 is 0. The molecule has 3 nitrogen and oxygen atoms in total. The lowest BCUT2D eigenvalue weighted by atomic mass is 9.79. The molecule has 6 unspecified atom stereocenters. The Labute approximate surface area is 117 Å². The molecule has 0 aromatic rings. The fourth-order valence-corrected chi connectivity index (χ4v) is 5.34. The van der Waals surface area contributed by atoms with Gasteiger partial charge in [-0.1, -0.05) is 6.42 Å².